The smallest absolute Gasteiger partial charge is 0.220 e. The van der Waals surface area contributed by atoms with E-state index in [-0.39, 0.29) is 5.75 Å². The normalized spacial score (nSPS) is 20.5. The maximum Gasteiger partial charge on any atom is 0.220 e. The maximum atomic E-state index is 12.6. The number of nitrogens with zero attached hydrogens (tertiary/aromatic N) is 4. The van der Waals surface area contributed by atoms with Crippen molar-refractivity contribution >= 4 is 16.0 Å². The fourth-order valence-electron chi connectivity index (χ4n) is 3.86. The molecule has 2 aromatic rings. The summed E-state index contributed by atoms with van der Waals surface area (Å²) in [6.45, 7) is 2.94. The number of nitrogens with one attached hydrogen (secondary N) is 1. The van der Waals surface area contributed by atoms with Crippen molar-refractivity contribution in [2.75, 3.05) is 39.8 Å². The molecular weight excluding hydrogens is 378 g/mol. The molecule has 8 nitrogen and oxygen atoms in total. The second kappa shape index (κ2) is 7.92. The third kappa shape index (κ3) is 3.90. The van der Waals surface area contributed by atoms with Gasteiger partial charge in [0, 0.05) is 51.8 Å². The van der Waals surface area contributed by atoms with Crippen molar-refractivity contribution in [3.8, 4) is 0 Å². The van der Waals surface area contributed by atoms with Gasteiger partial charge in [-0.05, 0) is 17.5 Å². The van der Waals surface area contributed by atoms with Crippen LogP contribution in [0.5, 0.6) is 0 Å². The van der Waals surface area contributed by atoms with Crippen LogP contribution in [0, 0.1) is 0 Å². The Morgan fingerprint density at radius 2 is 2.04 bits per heavy atom. The Balaban J connectivity index is 1.29. The van der Waals surface area contributed by atoms with Crippen molar-refractivity contribution in [3.05, 3.63) is 53.4 Å². The lowest BCUT2D eigenvalue weighted by Crippen LogP contribution is -2.54. The van der Waals surface area contributed by atoms with Gasteiger partial charge in [-0.15, -0.1) is 0 Å². The zero-order chi connectivity index (χ0) is 19.6. The molecule has 1 aromatic heterocycles. The molecule has 2 aliphatic rings. The number of rotatable bonds is 5. The van der Waals surface area contributed by atoms with Gasteiger partial charge < -0.3 is 14.7 Å². The van der Waals surface area contributed by atoms with E-state index < -0.39 is 10.0 Å². The number of hydrogen-bond donors (Lipinski definition) is 1. The number of aromatic nitrogens is 1. The lowest BCUT2D eigenvalue weighted by Gasteiger charge is -2.37. The molecule has 1 aromatic carbocycles. The molecule has 0 spiro atoms. The lowest BCUT2D eigenvalue weighted by atomic mass is 9.78. The number of aliphatic imine (C=N–C) groups is 1. The summed E-state index contributed by atoms with van der Waals surface area (Å²) < 4.78 is 31.4. The predicted molar refractivity (Wildman–Crippen MR) is 107 cm³/mol. The second-order valence-corrected chi connectivity index (χ2v) is 9.13. The van der Waals surface area contributed by atoms with Crippen molar-refractivity contribution in [2.45, 2.75) is 18.1 Å². The SMILES string of the molecule is CN=C(NCC1Cc2ccccc21)N1CCN(S(=O)(=O)Cc2ccon2)CC1. The first-order valence-electron chi connectivity index (χ1n) is 9.47. The molecule has 1 aliphatic carbocycles. The Bertz CT molecular complexity index is 934. The zero-order valence-corrected chi connectivity index (χ0v) is 16.7. The average Bonchev–Trinajstić information content (AvgIpc) is 3.18. The van der Waals surface area contributed by atoms with Crippen LogP contribution in [0.15, 0.2) is 46.1 Å². The summed E-state index contributed by atoms with van der Waals surface area (Å²) in [5, 5.41) is 7.16. The van der Waals surface area contributed by atoms with Crippen LogP contribution in [-0.4, -0.2) is 68.5 Å². The number of piperazine rings is 1. The van der Waals surface area contributed by atoms with Crippen LogP contribution in [0.3, 0.4) is 0 Å². The third-order valence-electron chi connectivity index (χ3n) is 5.43. The Morgan fingerprint density at radius 3 is 2.71 bits per heavy atom. The minimum atomic E-state index is -3.39. The summed E-state index contributed by atoms with van der Waals surface area (Å²) in [5.41, 5.74) is 3.27. The van der Waals surface area contributed by atoms with Crippen LogP contribution in [-0.2, 0) is 22.2 Å². The standard InChI is InChI=1S/C19H25N5O3S/c1-20-19(21-13-16-12-15-4-2-3-5-18(15)16)23-7-9-24(10-8-23)28(25,26)14-17-6-11-27-22-17/h2-6,11,16H,7-10,12-14H2,1H3,(H,20,21). The van der Waals surface area contributed by atoms with Gasteiger partial charge in [-0.1, -0.05) is 29.4 Å². The molecule has 0 saturated carbocycles. The van der Waals surface area contributed by atoms with Crippen LogP contribution < -0.4 is 5.32 Å². The highest BCUT2D eigenvalue weighted by Crippen LogP contribution is 2.34. The lowest BCUT2D eigenvalue weighted by molar-refractivity contribution is 0.259. The van der Waals surface area contributed by atoms with E-state index in [0.29, 0.717) is 37.8 Å². The molecular formula is C19H25N5O3S. The monoisotopic (exact) mass is 403 g/mol. The van der Waals surface area contributed by atoms with Gasteiger partial charge in [0.05, 0.1) is 5.69 Å². The molecule has 150 valence electrons. The van der Waals surface area contributed by atoms with E-state index in [1.165, 1.54) is 21.7 Å². The fraction of sp³-hybridized carbons (Fsp3) is 0.474. The number of benzene rings is 1. The Labute approximate surface area is 165 Å². The van der Waals surface area contributed by atoms with Crippen molar-refractivity contribution in [2.24, 2.45) is 4.99 Å². The zero-order valence-electron chi connectivity index (χ0n) is 15.9. The van der Waals surface area contributed by atoms with Gasteiger partial charge in [0.2, 0.25) is 10.0 Å². The van der Waals surface area contributed by atoms with Gasteiger partial charge in [0.1, 0.15) is 12.0 Å². The topological polar surface area (TPSA) is 91.0 Å². The van der Waals surface area contributed by atoms with Crippen molar-refractivity contribution in [1.29, 1.82) is 0 Å². The maximum absolute atomic E-state index is 12.6. The van der Waals surface area contributed by atoms with E-state index in [4.69, 9.17) is 4.52 Å². The number of fused-ring (bicyclic) bond motifs is 1. The first-order valence-corrected chi connectivity index (χ1v) is 11.1. The molecule has 0 radical (unpaired) electrons. The molecule has 2 heterocycles. The van der Waals surface area contributed by atoms with Gasteiger partial charge in [-0.3, -0.25) is 4.99 Å². The van der Waals surface area contributed by atoms with Crippen molar-refractivity contribution < 1.29 is 12.9 Å². The van der Waals surface area contributed by atoms with E-state index in [0.717, 1.165) is 18.9 Å². The summed E-state index contributed by atoms with van der Waals surface area (Å²) in [6.07, 6.45) is 2.48. The van der Waals surface area contributed by atoms with Gasteiger partial charge in [0.25, 0.3) is 0 Å². The fourth-order valence-corrected chi connectivity index (χ4v) is 5.28. The highest BCUT2D eigenvalue weighted by Gasteiger charge is 2.30. The molecule has 1 aliphatic heterocycles. The van der Waals surface area contributed by atoms with Crippen LogP contribution in [0.1, 0.15) is 22.7 Å². The average molecular weight is 404 g/mol. The largest absolute Gasteiger partial charge is 0.364 e. The molecule has 9 heteroatoms. The van der Waals surface area contributed by atoms with Crippen LogP contribution in [0.2, 0.25) is 0 Å². The minimum absolute atomic E-state index is 0.127. The Morgan fingerprint density at radius 1 is 1.25 bits per heavy atom. The molecule has 1 saturated heterocycles. The molecule has 4 rings (SSSR count). The summed E-state index contributed by atoms with van der Waals surface area (Å²) in [6, 6.07) is 10.1. The van der Waals surface area contributed by atoms with Crippen molar-refractivity contribution in [3.63, 3.8) is 0 Å². The third-order valence-corrected chi connectivity index (χ3v) is 7.25. The van der Waals surface area contributed by atoms with Crippen molar-refractivity contribution in [1.82, 2.24) is 19.7 Å². The molecule has 28 heavy (non-hydrogen) atoms. The first-order chi connectivity index (χ1) is 13.6. The summed E-state index contributed by atoms with van der Waals surface area (Å²) in [5.74, 6) is 1.22. The predicted octanol–water partition coefficient (Wildman–Crippen LogP) is 1.04. The summed E-state index contributed by atoms with van der Waals surface area (Å²) in [7, 11) is -1.62. The molecule has 0 amide bonds. The van der Waals surface area contributed by atoms with Crippen LogP contribution in [0.4, 0.5) is 0 Å². The Hall–Kier alpha value is -2.39. The number of sulfonamides is 1. The molecule has 1 unspecified atom stereocenters. The van der Waals surface area contributed by atoms with E-state index in [1.54, 1.807) is 13.1 Å². The van der Waals surface area contributed by atoms with Gasteiger partial charge >= 0.3 is 0 Å². The second-order valence-electron chi connectivity index (χ2n) is 7.16. The molecule has 0 bridgehead atoms. The highest BCUT2D eigenvalue weighted by atomic mass is 32.2. The minimum Gasteiger partial charge on any atom is -0.364 e. The number of hydrogen-bond acceptors (Lipinski definition) is 5. The van der Waals surface area contributed by atoms with Gasteiger partial charge in [-0.2, -0.15) is 4.31 Å². The van der Waals surface area contributed by atoms with E-state index in [2.05, 4.69) is 44.6 Å². The first kappa shape index (κ1) is 18.9. The summed E-state index contributed by atoms with van der Waals surface area (Å²) >= 11 is 0. The molecule has 1 N–H and O–H groups in total. The molecule has 1 fully saturated rings. The number of guanidine groups is 1. The van der Waals surface area contributed by atoms with E-state index in [9.17, 15) is 8.42 Å². The van der Waals surface area contributed by atoms with Gasteiger partial charge in [-0.25, -0.2) is 8.42 Å². The quantitative estimate of drug-likeness (QED) is 0.593. The summed E-state index contributed by atoms with van der Waals surface area (Å²) in [4.78, 5) is 6.50. The van der Waals surface area contributed by atoms with Crippen LogP contribution in [0.25, 0.3) is 0 Å². The Kier molecular flexibility index (Phi) is 5.36. The molecule has 1 atom stereocenters. The van der Waals surface area contributed by atoms with Gasteiger partial charge in [0.15, 0.2) is 5.96 Å². The highest BCUT2D eigenvalue weighted by molar-refractivity contribution is 7.88. The van der Waals surface area contributed by atoms with E-state index in [1.807, 2.05) is 0 Å². The van der Waals surface area contributed by atoms with Crippen LogP contribution >= 0.6 is 0 Å². The van der Waals surface area contributed by atoms with E-state index >= 15 is 0 Å².